The SMILES string of the molecule is Cc1cc(=O)c(C(=O)NCc2cccc(CO)c2)nn1-c1ccccc1. The number of nitrogens with one attached hydrogen (secondary N) is 1. The second-order valence-corrected chi connectivity index (χ2v) is 5.91. The number of carbonyl (C=O) groups is 1. The summed E-state index contributed by atoms with van der Waals surface area (Å²) in [6.45, 7) is 1.94. The minimum absolute atomic E-state index is 0.0664. The van der Waals surface area contributed by atoms with Crippen molar-refractivity contribution >= 4 is 5.91 Å². The molecule has 0 aliphatic heterocycles. The van der Waals surface area contributed by atoms with Crippen LogP contribution in [-0.2, 0) is 13.2 Å². The maximum absolute atomic E-state index is 12.5. The molecule has 0 aliphatic carbocycles. The van der Waals surface area contributed by atoms with E-state index in [2.05, 4.69) is 10.4 Å². The Labute approximate surface area is 150 Å². The molecule has 1 amide bonds. The number of benzene rings is 2. The van der Waals surface area contributed by atoms with Gasteiger partial charge in [-0.1, -0.05) is 42.5 Å². The molecule has 2 aromatic carbocycles. The van der Waals surface area contributed by atoms with Gasteiger partial charge in [-0.2, -0.15) is 5.10 Å². The quantitative estimate of drug-likeness (QED) is 0.737. The van der Waals surface area contributed by atoms with Crippen molar-refractivity contribution in [2.24, 2.45) is 0 Å². The number of rotatable bonds is 5. The Morgan fingerprint density at radius 3 is 2.54 bits per heavy atom. The van der Waals surface area contributed by atoms with E-state index in [1.54, 1.807) is 29.8 Å². The van der Waals surface area contributed by atoms with Gasteiger partial charge in [-0.05, 0) is 30.2 Å². The van der Waals surface area contributed by atoms with Crippen LogP contribution in [0.5, 0.6) is 0 Å². The van der Waals surface area contributed by atoms with E-state index in [1.807, 2.05) is 36.4 Å². The van der Waals surface area contributed by atoms with Gasteiger partial charge in [0.25, 0.3) is 5.91 Å². The standard InChI is InChI=1S/C20H19N3O3/c1-14-10-18(25)19(22-23(14)17-8-3-2-4-9-17)20(26)21-12-15-6-5-7-16(11-15)13-24/h2-11,24H,12-13H2,1H3,(H,21,26). The number of nitrogens with zero attached hydrogens (tertiary/aromatic N) is 2. The lowest BCUT2D eigenvalue weighted by Gasteiger charge is -2.11. The van der Waals surface area contributed by atoms with Crippen molar-refractivity contribution < 1.29 is 9.90 Å². The molecule has 0 saturated carbocycles. The summed E-state index contributed by atoms with van der Waals surface area (Å²) in [6, 6.07) is 18.0. The number of aromatic nitrogens is 2. The number of aryl methyl sites for hydroxylation is 1. The fourth-order valence-electron chi connectivity index (χ4n) is 2.64. The summed E-state index contributed by atoms with van der Waals surface area (Å²) in [5, 5.41) is 16.1. The van der Waals surface area contributed by atoms with E-state index in [0.717, 1.165) is 16.8 Å². The Morgan fingerprint density at radius 1 is 1.08 bits per heavy atom. The van der Waals surface area contributed by atoms with E-state index in [9.17, 15) is 14.7 Å². The van der Waals surface area contributed by atoms with Gasteiger partial charge in [-0.15, -0.1) is 0 Å². The van der Waals surface area contributed by atoms with Gasteiger partial charge in [0.15, 0.2) is 5.69 Å². The third-order valence-electron chi connectivity index (χ3n) is 3.95. The van der Waals surface area contributed by atoms with E-state index in [-0.39, 0.29) is 18.8 Å². The van der Waals surface area contributed by atoms with Crippen LogP contribution in [0.3, 0.4) is 0 Å². The molecule has 0 atom stereocenters. The van der Waals surface area contributed by atoms with Crippen LogP contribution in [0.25, 0.3) is 5.69 Å². The number of aliphatic hydroxyl groups is 1. The van der Waals surface area contributed by atoms with Crippen molar-refractivity contribution in [2.75, 3.05) is 0 Å². The van der Waals surface area contributed by atoms with Gasteiger partial charge in [-0.25, -0.2) is 4.68 Å². The first-order chi connectivity index (χ1) is 12.6. The zero-order valence-electron chi connectivity index (χ0n) is 14.3. The lowest BCUT2D eigenvalue weighted by atomic mass is 10.1. The Bertz CT molecular complexity index is 981. The Kier molecular flexibility index (Phi) is 5.24. The highest BCUT2D eigenvalue weighted by molar-refractivity contribution is 5.92. The van der Waals surface area contributed by atoms with Crippen molar-refractivity contribution in [3.05, 3.63) is 93.4 Å². The molecular weight excluding hydrogens is 330 g/mol. The van der Waals surface area contributed by atoms with Crippen LogP contribution in [0, 0.1) is 6.92 Å². The highest BCUT2D eigenvalue weighted by atomic mass is 16.3. The molecule has 0 radical (unpaired) electrons. The van der Waals surface area contributed by atoms with E-state index < -0.39 is 11.3 Å². The molecule has 1 heterocycles. The Morgan fingerprint density at radius 2 is 1.81 bits per heavy atom. The molecule has 0 unspecified atom stereocenters. The van der Waals surface area contributed by atoms with Gasteiger partial charge in [0, 0.05) is 18.3 Å². The van der Waals surface area contributed by atoms with Gasteiger partial charge in [0.1, 0.15) is 0 Å². The number of aliphatic hydroxyl groups excluding tert-OH is 1. The van der Waals surface area contributed by atoms with E-state index in [1.165, 1.54) is 6.07 Å². The first-order valence-electron chi connectivity index (χ1n) is 8.22. The molecule has 3 rings (SSSR count). The second kappa shape index (κ2) is 7.76. The molecule has 0 bridgehead atoms. The van der Waals surface area contributed by atoms with Crippen molar-refractivity contribution in [1.82, 2.24) is 15.1 Å². The second-order valence-electron chi connectivity index (χ2n) is 5.91. The van der Waals surface area contributed by atoms with Gasteiger partial charge in [0.05, 0.1) is 12.3 Å². The molecular formula is C20H19N3O3. The number of hydrogen-bond donors (Lipinski definition) is 2. The molecule has 0 fully saturated rings. The predicted octanol–water partition coefficient (Wildman–Crippen LogP) is 1.96. The van der Waals surface area contributed by atoms with Crippen LogP contribution in [0.1, 0.15) is 27.3 Å². The Hall–Kier alpha value is -3.25. The fraction of sp³-hybridized carbons (Fsp3) is 0.150. The fourth-order valence-corrected chi connectivity index (χ4v) is 2.64. The van der Waals surface area contributed by atoms with Crippen LogP contribution in [-0.4, -0.2) is 20.8 Å². The number of para-hydroxylation sites is 1. The average Bonchev–Trinajstić information content (AvgIpc) is 2.67. The molecule has 3 aromatic rings. The van der Waals surface area contributed by atoms with Crippen LogP contribution >= 0.6 is 0 Å². The van der Waals surface area contributed by atoms with Crippen molar-refractivity contribution in [3.8, 4) is 5.69 Å². The monoisotopic (exact) mass is 349 g/mol. The molecule has 1 aromatic heterocycles. The maximum Gasteiger partial charge on any atom is 0.276 e. The van der Waals surface area contributed by atoms with Gasteiger partial charge >= 0.3 is 0 Å². The summed E-state index contributed by atoms with van der Waals surface area (Å²) in [7, 11) is 0. The minimum Gasteiger partial charge on any atom is -0.392 e. The molecule has 26 heavy (non-hydrogen) atoms. The summed E-state index contributed by atoms with van der Waals surface area (Å²) in [6.07, 6.45) is 0. The van der Waals surface area contributed by atoms with Gasteiger partial charge in [-0.3, -0.25) is 9.59 Å². The van der Waals surface area contributed by atoms with Crippen molar-refractivity contribution in [2.45, 2.75) is 20.1 Å². The van der Waals surface area contributed by atoms with Gasteiger partial charge in [0.2, 0.25) is 5.43 Å². The molecule has 6 nitrogen and oxygen atoms in total. The molecule has 0 saturated heterocycles. The minimum atomic E-state index is -0.533. The maximum atomic E-state index is 12.5. The normalized spacial score (nSPS) is 10.5. The van der Waals surface area contributed by atoms with Crippen LogP contribution < -0.4 is 10.7 Å². The summed E-state index contributed by atoms with van der Waals surface area (Å²) in [5.41, 5.74) is 2.44. The van der Waals surface area contributed by atoms with Crippen molar-refractivity contribution in [1.29, 1.82) is 0 Å². The Balaban J connectivity index is 1.84. The number of hydrogen-bond acceptors (Lipinski definition) is 4. The van der Waals surface area contributed by atoms with Crippen LogP contribution in [0.2, 0.25) is 0 Å². The lowest BCUT2D eigenvalue weighted by molar-refractivity contribution is 0.0943. The van der Waals surface area contributed by atoms with Crippen molar-refractivity contribution in [3.63, 3.8) is 0 Å². The zero-order valence-corrected chi connectivity index (χ0v) is 14.3. The molecule has 0 spiro atoms. The summed E-state index contributed by atoms with van der Waals surface area (Å²) < 4.78 is 1.57. The van der Waals surface area contributed by atoms with Crippen LogP contribution in [0.15, 0.2) is 65.5 Å². The molecule has 2 N–H and O–H groups in total. The first kappa shape index (κ1) is 17.6. The zero-order chi connectivity index (χ0) is 18.5. The summed E-state index contributed by atoms with van der Waals surface area (Å²) in [4.78, 5) is 24.7. The van der Waals surface area contributed by atoms with Gasteiger partial charge < -0.3 is 10.4 Å². The summed E-state index contributed by atoms with van der Waals surface area (Å²) in [5.74, 6) is -0.533. The lowest BCUT2D eigenvalue weighted by Crippen LogP contribution is -2.31. The average molecular weight is 349 g/mol. The third-order valence-corrected chi connectivity index (χ3v) is 3.95. The molecule has 132 valence electrons. The highest BCUT2D eigenvalue weighted by Gasteiger charge is 2.15. The highest BCUT2D eigenvalue weighted by Crippen LogP contribution is 2.08. The summed E-state index contributed by atoms with van der Waals surface area (Å²) >= 11 is 0. The van der Waals surface area contributed by atoms with E-state index in [0.29, 0.717) is 5.69 Å². The largest absolute Gasteiger partial charge is 0.392 e. The van der Waals surface area contributed by atoms with E-state index >= 15 is 0 Å². The number of amides is 1. The van der Waals surface area contributed by atoms with Crippen LogP contribution in [0.4, 0.5) is 0 Å². The first-order valence-corrected chi connectivity index (χ1v) is 8.22. The molecule has 6 heteroatoms. The molecule has 0 aliphatic rings. The smallest absolute Gasteiger partial charge is 0.276 e. The van der Waals surface area contributed by atoms with E-state index in [4.69, 9.17) is 0 Å². The topological polar surface area (TPSA) is 84.2 Å². The number of carbonyl (C=O) groups excluding carboxylic acids is 1. The predicted molar refractivity (Wildman–Crippen MR) is 98.1 cm³/mol. The third kappa shape index (κ3) is 3.87.